The summed E-state index contributed by atoms with van der Waals surface area (Å²) in [5.41, 5.74) is 1.23. The van der Waals surface area contributed by atoms with Crippen LogP contribution in [-0.2, 0) is 4.84 Å². The van der Waals surface area contributed by atoms with Crippen LogP contribution < -0.4 is 5.32 Å². The van der Waals surface area contributed by atoms with Crippen LogP contribution in [0.5, 0.6) is 0 Å². The first-order valence-electron chi connectivity index (χ1n) is 8.86. The molecule has 0 saturated carbocycles. The predicted octanol–water partition coefficient (Wildman–Crippen LogP) is 2.11. The number of anilines is 2. The number of amides is 1. The molecule has 0 radical (unpaired) electrons. The fraction of sp³-hybridized carbons (Fsp3) is 0.471. The highest BCUT2D eigenvalue weighted by atomic mass is 32.1. The van der Waals surface area contributed by atoms with Gasteiger partial charge in [0.15, 0.2) is 5.13 Å². The van der Waals surface area contributed by atoms with Crippen LogP contribution in [0.2, 0.25) is 0 Å². The van der Waals surface area contributed by atoms with Crippen molar-refractivity contribution in [2.45, 2.75) is 25.3 Å². The molecule has 9 nitrogen and oxygen atoms in total. The van der Waals surface area contributed by atoms with Gasteiger partial charge in [-0.2, -0.15) is 5.26 Å². The number of rotatable bonds is 5. The number of nitriles is 1. The first-order chi connectivity index (χ1) is 13.2. The van der Waals surface area contributed by atoms with Crippen molar-refractivity contribution < 1.29 is 9.63 Å². The van der Waals surface area contributed by atoms with Crippen molar-refractivity contribution >= 4 is 28.3 Å². The lowest BCUT2D eigenvalue weighted by molar-refractivity contribution is -0.0771. The molecule has 4 rings (SSSR count). The van der Waals surface area contributed by atoms with Crippen molar-refractivity contribution in [1.82, 2.24) is 24.9 Å². The van der Waals surface area contributed by atoms with Gasteiger partial charge in [-0.1, -0.05) is 0 Å². The lowest BCUT2D eigenvalue weighted by Crippen LogP contribution is -2.26. The first-order valence-corrected chi connectivity index (χ1v) is 9.74. The maximum Gasteiger partial charge on any atom is 0.296 e. The quantitative estimate of drug-likeness (QED) is 0.780. The maximum absolute atomic E-state index is 12.3. The van der Waals surface area contributed by atoms with Crippen LogP contribution in [0.1, 0.15) is 41.5 Å². The van der Waals surface area contributed by atoms with E-state index in [1.807, 2.05) is 6.07 Å². The normalized spacial score (nSPS) is 20.0. The fourth-order valence-corrected chi connectivity index (χ4v) is 4.00. The Hall–Kier alpha value is -2.61. The number of nitrogens with zero attached hydrogens (tertiary/aromatic N) is 6. The second-order valence-corrected chi connectivity index (χ2v) is 7.21. The van der Waals surface area contributed by atoms with Crippen molar-refractivity contribution in [3.8, 4) is 6.07 Å². The second kappa shape index (κ2) is 7.96. The largest absolute Gasteiger partial charge is 0.300 e. The summed E-state index contributed by atoms with van der Waals surface area (Å²) < 4.78 is 0. The predicted molar refractivity (Wildman–Crippen MR) is 98.2 cm³/mol. The molecule has 0 unspecified atom stereocenters. The molecule has 27 heavy (non-hydrogen) atoms. The van der Waals surface area contributed by atoms with Crippen molar-refractivity contribution in [1.29, 1.82) is 5.26 Å². The third kappa shape index (κ3) is 3.90. The molecule has 2 aromatic rings. The van der Waals surface area contributed by atoms with Gasteiger partial charge in [0, 0.05) is 11.6 Å². The zero-order valence-electron chi connectivity index (χ0n) is 14.7. The molecule has 2 fully saturated rings. The Morgan fingerprint density at radius 2 is 2.33 bits per heavy atom. The van der Waals surface area contributed by atoms with E-state index in [0.29, 0.717) is 36.5 Å². The van der Waals surface area contributed by atoms with Gasteiger partial charge in [-0.25, -0.2) is 20.0 Å². The molecule has 1 atom stereocenters. The molecule has 2 aromatic heterocycles. The monoisotopic (exact) mass is 385 g/mol. The van der Waals surface area contributed by atoms with E-state index >= 15 is 0 Å². The minimum absolute atomic E-state index is 0.133. The Balaban J connectivity index is 1.46. The van der Waals surface area contributed by atoms with Crippen molar-refractivity contribution in [3.63, 3.8) is 0 Å². The standard InChI is InChI=1S/C17H19N7O2S/c18-5-9-23-7-1-3-14(23)12-4-6-19-16(20-12)22-17-21-13(11-27-17)15(25)24-8-2-10-26-24/h4,6,11,14H,1-3,7-10H2,(H,19,20,21,22)/t14-/m0/s1. The highest BCUT2D eigenvalue weighted by molar-refractivity contribution is 7.14. The van der Waals surface area contributed by atoms with Gasteiger partial charge < -0.3 is 5.32 Å². The molecule has 10 heteroatoms. The highest BCUT2D eigenvalue weighted by Crippen LogP contribution is 2.31. The summed E-state index contributed by atoms with van der Waals surface area (Å²) in [6, 6.07) is 4.23. The molecule has 2 aliphatic rings. The third-order valence-corrected chi connectivity index (χ3v) is 5.33. The molecule has 0 bridgehead atoms. The Morgan fingerprint density at radius 1 is 1.41 bits per heavy atom. The number of carbonyl (C=O) groups is 1. The summed E-state index contributed by atoms with van der Waals surface area (Å²) >= 11 is 1.32. The van der Waals surface area contributed by atoms with Gasteiger partial charge in [0.05, 0.1) is 37.5 Å². The van der Waals surface area contributed by atoms with E-state index < -0.39 is 0 Å². The van der Waals surface area contributed by atoms with Crippen molar-refractivity contribution in [3.05, 3.63) is 29.0 Å². The van der Waals surface area contributed by atoms with Gasteiger partial charge in [-0.15, -0.1) is 11.3 Å². The van der Waals surface area contributed by atoms with E-state index in [0.717, 1.165) is 31.5 Å². The fourth-order valence-electron chi connectivity index (χ4n) is 3.32. The summed E-state index contributed by atoms with van der Waals surface area (Å²) in [6.07, 6.45) is 4.57. The summed E-state index contributed by atoms with van der Waals surface area (Å²) in [4.78, 5) is 32.9. The number of thiazole rings is 1. The van der Waals surface area contributed by atoms with E-state index in [1.165, 1.54) is 16.4 Å². The maximum atomic E-state index is 12.3. The van der Waals surface area contributed by atoms with E-state index in [2.05, 4.69) is 31.2 Å². The molecule has 0 spiro atoms. The molecular weight excluding hydrogens is 366 g/mol. The van der Waals surface area contributed by atoms with E-state index in [4.69, 9.17) is 10.1 Å². The Labute approximate surface area is 160 Å². The van der Waals surface area contributed by atoms with E-state index in [-0.39, 0.29) is 11.9 Å². The Bertz CT molecular complexity index is 859. The van der Waals surface area contributed by atoms with Crippen molar-refractivity contribution in [2.24, 2.45) is 0 Å². The molecule has 140 valence electrons. The SMILES string of the molecule is N#CCN1CCC[C@H]1c1ccnc(Nc2nc(C(=O)N3CCCO3)cs2)n1. The topological polar surface area (TPSA) is 107 Å². The molecular formula is C17H19N7O2S. The number of aromatic nitrogens is 3. The lowest BCUT2D eigenvalue weighted by Gasteiger charge is -2.21. The van der Waals surface area contributed by atoms with Gasteiger partial charge in [-0.05, 0) is 31.9 Å². The second-order valence-electron chi connectivity index (χ2n) is 6.35. The van der Waals surface area contributed by atoms with Crippen LogP contribution in [0, 0.1) is 11.3 Å². The smallest absolute Gasteiger partial charge is 0.296 e. The first kappa shape index (κ1) is 17.8. The molecule has 1 N–H and O–H groups in total. The summed E-state index contributed by atoms with van der Waals surface area (Å²) in [6.45, 7) is 2.45. The molecule has 2 saturated heterocycles. The number of hydroxylamine groups is 2. The van der Waals surface area contributed by atoms with Gasteiger partial charge >= 0.3 is 0 Å². The van der Waals surface area contributed by atoms with E-state index in [1.54, 1.807) is 11.6 Å². The number of carbonyl (C=O) groups excluding carboxylic acids is 1. The van der Waals surface area contributed by atoms with Gasteiger partial charge in [-0.3, -0.25) is 14.5 Å². The van der Waals surface area contributed by atoms with Gasteiger partial charge in [0.1, 0.15) is 5.69 Å². The molecule has 1 amide bonds. The molecule has 4 heterocycles. The van der Waals surface area contributed by atoms with Crippen LogP contribution >= 0.6 is 11.3 Å². The molecule has 0 aromatic carbocycles. The van der Waals surface area contributed by atoms with Crippen LogP contribution in [0.25, 0.3) is 0 Å². The van der Waals surface area contributed by atoms with Gasteiger partial charge in [0.25, 0.3) is 5.91 Å². The van der Waals surface area contributed by atoms with Crippen LogP contribution in [-0.4, -0.2) is 57.1 Å². The Morgan fingerprint density at radius 3 is 3.15 bits per heavy atom. The zero-order valence-corrected chi connectivity index (χ0v) is 15.5. The summed E-state index contributed by atoms with van der Waals surface area (Å²) in [7, 11) is 0. The minimum atomic E-state index is -0.232. The average Bonchev–Trinajstić information content (AvgIpc) is 3.44. The number of hydrogen-bond acceptors (Lipinski definition) is 9. The average molecular weight is 385 g/mol. The van der Waals surface area contributed by atoms with Crippen LogP contribution in [0.15, 0.2) is 17.6 Å². The van der Waals surface area contributed by atoms with Crippen LogP contribution in [0.4, 0.5) is 11.1 Å². The van der Waals surface area contributed by atoms with Crippen LogP contribution in [0.3, 0.4) is 0 Å². The summed E-state index contributed by atoms with van der Waals surface area (Å²) in [5.74, 6) is 0.201. The Kier molecular flexibility index (Phi) is 5.24. The lowest BCUT2D eigenvalue weighted by atomic mass is 10.1. The third-order valence-electron chi connectivity index (χ3n) is 4.58. The van der Waals surface area contributed by atoms with E-state index in [9.17, 15) is 4.79 Å². The zero-order chi connectivity index (χ0) is 18.6. The highest BCUT2D eigenvalue weighted by Gasteiger charge is 2.27. The number of likely N-dealkylation sites (tertiary alicyclic amines) is 1. The summed E-state index contributed by atoms with van der Waals surface area (Å²) in [5, 5.41) is 15.6. The molecule has 2 aliphatic heterocycles. The van der Waals surface area contributed by atoms with Gasteiger partial charge in [0.2, 0.25) is 5.95 Å². The minimum Gasteiger partial charge on any atom is -0.300 e. The number of nitrogens with one attached hydrogen (secondary N) is 1. The van der Waals surface area contributed by atoms with Crippen molar-refractivity contribution in [2.75, 3.05) is 31.6 Å². The molecule has 0 aliphatic carbocycles. The number of hydrogen-bond donors (Lipinski definition) is 1.